The van der Waals surface area contributed by atoms with Crippen molar-refractivity contribution in [3.8, 4) is 0 Å². The van der Waals surface area contributed by atoms with Crippen LogP contribution in [-0.2, 0) is 35.9 Å². The van der Waals surface area contributed by atoms with Crippen molar-refractivity contribution in [3.63, 3.8) is 0 Å². The molecule has 0 amide bonds. The molecule has 0 aromatic heterocycles. The summed E-state index contributed by atoms with van der Waals surface area (Å²) in [7, 11) is 4.21. The summed E-state index contributed by atoms with van der Waals surface area (Å²) in [5.74, 6) is 0. The Morgan fingerprint density at radius 3 is 1.25 bits per heavy atom. The second-order valence-electron chi connectivity index (χ2n) is 0. The van der Waals surface area contributed by atoms with E-state index in [0.717, 1.165) is 14.9 Å². The molecule has 0 rings (SSSR count). The predicted octanol–water partition coefficient (Wildman–Crippen LogP) is -0.541. The average Bonchev–Trinajstić information content (AvgIpc) is 1.00. The molecule has 0 N–H and O–H groups in total. The van der Waals surface area contributed by atoms with E-state index in [1.165, 1.54) is 0 Å². The van der Waals surface area contributed by atoms with Crippen molar-refractivity contribution in [1.82, 2.24) is 0 Å². The van der Waals surface area contributed by atoms with Gasteiger partial charge in [-0.05, 0) is 0 Å². The van der Waals surface area contributed by atoms with Gasteiger partial charge in [0.15, 0.2) is 0 Å². The molecular weight excluding hydrogens is 245 g/mol. The SMILES string of the molecule is [Ag+].[SH-].[S]=[GeH2]. The monoisotopic (exact) mass is 248 g/mol. The Hall–Kier alpha value is 1.85. The van der Waals surface area contributed by atoms with Gasteiger partial charge in [-0.3, -0.25) is 0 Å². The van der Waals surface area contributed by atoms with Crippen LogP contribution in [0.2, 0.25) is 0 Å². The van der Waals surface area contributed by atoms with Gasteiger partial charge in [0.2, 0.25) is 0 Å². The van der Waals surface area contributed by atoms with E-state index in [4.69, 9.17) is 0 Å². The summed E-state index contributed by atoms with van der Waals surface area (Å²) in [6, 6.07) is 0. The molecule has 0 aliphatic rings. The van der Waals surface area contributed by atoms with Crippen molar-refractivity contribution in [2.24, 2.45) is 0 Å². The Morgan fingerprint density at radius 2 is 1.25 bits per heavy atom. The molecular formula is H3AgGeS2. The van der Waals surface area contributed by atoms with Gasteiger partial charge in [-0.25, -0.2) is 0 Å². The summed E-state index contributed by atoms with van der Waals surface area (Å²) in [4.78, 5) is 0. The third kappa shape index (κ3) is 9.13. The summed E-state index contributed by atoms with van der Waals surface area (Å²) in [5.41, 5.74) is 0. The van der Waals surface area contributed by atoms with E-state index < -0.39 is 0 Å². The van der Waals surface area contributed by atoms with E-state index in [9.17, 15) is 0 Å². The third-order valence-corrected chi connectivity index (χ3v) is 0. The van der Waals surface area contributed by atoms with E-state index in [2.05, 4.69) is 10.5 Å². The first-order valence-electron chi connectivity index (χ1n) is 0.289. The van der Waals surface area contributed by atoms with E-state index in [-0.39, 0.29) is 35.9 Å². The fourth-order valence-corrected chi connectivity index (χ4v) is 0. The predicted molar refractivity (Wildman–Crippen MR) is 24.9 cm³/mol. The van der Waals surface area contributed by atoms with Crippen LogP contribution in [0.4, 0.5) is 0 Å². The van der Waals surface area contributed by atoms with Crippen LogP contribution in [0, 0.1) is 0 Å². The minimum atomic E-state index is 0. The number of hydrogen-bond acceptors (Lipinski definition) is 2. The van der Waals surface area contributed by atoms with Gasteiger partial charge in [0.05, 0.1) is 0 Å². The second kappa shape index (κ2) is 21.0. The molecule has 0 heterocycles. The standard InChI is InChI=1S/Ag.GeH2S.H2S/c;1-2;/h;1H2;1H2/q+1;;/p-1. The first-order chi connectivity index (χ1) is 1.00. The van der Waals surface area contributed by atoms with Crippen molar-refractivity contribution < 1.29 is 22.4 Å². The zero-order chi connectivity index (χ0) is 2.00. The number of rotatable bonds is 0. The molecule has 0 nitrogen and oxygen atoms in total. The zero-order valence-electron chi connectivity index (χ0n) is 1.86. The van der Waals surface area contributed by atoms with Crippen LogP contribution < -0.4 is 0 Å². The van der Waals surface area contributed by atoms with Crippen molar-refractivity contribution in [2.45, 2.75) is 0 Å². The first-order valence-corrected chi connectivity index (χ1v) is 4.50. The van der Waals surface area contributed by atoms with Crippen LogP contribution in [0.1, 0.15) is 0 Å². The summed E-state index contributed by atoms with van der Waals surface area (Å²) in [6.07, 6.45) is 0. The van der Waals surface area contributed by atoms with Gasteiger partial charge in [0.1, 0.15) is 0 Å². The molecule has 0 aliphatic heterocycles. The molecule has 0 aromatic carbocycles. The van der Waals surface area contributed by atoms with Crippen LogP contribution >= 0.6 is 10.5 Å². The number of hydrogen-bond donors (Lipinski definition) is 0. The summed E-state index contributed by atoms with van der Waals surface area (Å²) >= 11 is 0.958. The molecule has 0 saturated carbocycles. The molecule has 0 atom stereocenters. The summed E-state index contributed by atoms with van der Waals surface area (Å²) in [5, 5.41) is 0. The fourth-order valence-electron chi connectivity index (χ4n) is 0. The van der Waals surface area contributed by atoms with Crippen molar-refractivity contribution in [1.29, 1.82) is 0 Å². The van der Waals surface area contributed by atoms with E-state index in [1.807, 2.05) is 0 Å². The first kappa shape index (κ1) is 16.9. The van der Waals surface area contributed by atoms with Gasteiger partial charge in [-0.15, -0.1) is 0 Å². The molecule has 30 valence electrons. The second-order valence-corrected chi connectivity index (χ2v) is 0. The van der Waals surface area contributed by atoms with Gasteiger partial charge in [0, 0.05) is 0 Å². The van der Waals surface area contributed by atoms with Crippen LogP contribution in [0.15, 0.2) is 0 Å². The van der Waals surface area contributed by atoms with Gasteiger partial charge < -0.3 is 13.5 Å². The van der Waals surface area contributed by atoms with Gasteiger partial charge in [-0.1, -0.05) is 0 Å². The zero-order valence-corrected chi connectivity index (χ0v) is 8.02. The van der Waals surface area contributed by atoms with Crippen LogP contribution in [0.25, 0.3) is 0 Å². The summed E-state index contributed by atoms with van der Waals surface area (Å²) < 4.78 is 0. The van der Waals surface area contributed by atoms with Crippen LogP contribution in [-0.4, -0.2) is 14.9 Å². The average molecular weight is 248 g/mol. The molecule has 0 bridgehead atoms. The topological polar surface area (TPSA) is 0 Å². The molecule has 0 fully saturated rings. The molecule has 0 aliphatic carbocycles. The quantitative estimate of drug-likeness (QED) is 0.320. The minimum absolute atomic E-state index is 0. The number of thiol groups is 1. The molecule has 0 saturated heterocycles. The Labute approximate surface area is 60.7 Å². The molecule has 0 aromatic rings. The van der Waals surface area contributed by atoms with Crippen molar-refractivity contribution >= 4 is 38.8 Å². The van der Waals surface area contributed by atoms with E-state index >= 15 is 0 Å². The maximum atomic E-state index is 4.21. The molecule has 4 heteroatoms. The molecule has 0 unspecified atom stereocenters. The Morgan fingerprint density at radius 1 is 1.25 bits per heavy atom. The maximum absolute atomic E-state index is 4.21. The molecule has 0 spiro atoms. The van der Waals surface area contributed by atoms with E-state index in [0.29, 0.717) is 0 Å². The normalized spacial score (nSPS) is 1.00. The summed E-state index contributed by atoms with van der Waals surface area (Å²) in [6.45, 7) is 0. The van der Waals surface area contributed by atoms with Crippen LogP contribution in [0.5, 0.6) is 0 Å². The fraction of sp³-hybridized carbons (Fsp3) is 0. The Kier molecular flexibility index (Phi) is 88.8. The van der Waals surface area contributed by atoms with Crippen molar-refractivity contribution in [3.05, 3.63) is 0 Å². The molecule has 0 radical (unpaired) electrons. The van der Waals surface area contributed by atoms with Crippen molar-refractivity contribution in [2.75, 3.05) is 0 Å². The van der Waals surface area contributed by atoms with Gasteiger partial charge in [0.25, 0.3) is 0 Å². The van der Waals surface area contributed by atoms with Gasteiger partial charge in [-0.2, -0.15) is 0 Å². The van der Waals surface area contributed by atoms with Crippen LogP contribution in [0.3, 0.4) is 0 Å². The Balaban J connectivity index is -0.00000000500. The van der Waals surface area contributed by atoms with Gasteiger partial charge >= 0.3 is 47.7 Å². The Bertz CT molecular complexity index is 6.00. The molecule has 4 heavy (non-hydrogen) atoms. The van der Waals surface area contributed by atoms with E-state index in [1.54, 1.807) is 0 Å². The third-order valence-electron chi connectivity index (χ3n) is 0.